The standard InChI is InChI=1S/C13H9BrClFO.C7H8BClO3.C6H3BrFI.H2P/c1-17-12-7-8(15)5-6-9(12)10-3-2-4-11(14)13(10)16;1-12-7-4-5(9)2-3-6(7)8(10)11;7-4-2-1-3-5(9)6(4)8;/h2-7H,1H3;2-4,10-11H,1H3;1-3H;1H2/q;;;-1. The molecule has 2 N–H and O–H groups in total. The Kier molecular flexibility index (Phi) is 16.4. The van der Waals surface area contributed by atoms with E-state index in [4.69, 9.17) is 42.7 Å². The first kappa shape index (κ1) is 36.1. The van der Waals surface area contributed by atoms with E-state index in [2.05, 4.69) is 31.9 Å². The zero-order valence-corrected chi connectivity index (χ0v) is 28.4. The van der Waals surface area contributed by atoms with Gasteiger partial charge >= 0.3 is 7.12 Å². The Labute approximate surface area is 270 Å². The third-order valence-electron chi connectivity index (χ3n) is 4.78. The van der Waals surface area contributed by atoms with E-state index in [1.165, 1.54) is 26.4 Å². The minimum Gasteiger partial charge on any atom is -0.577 e. The Morgan fingerprint density at radius 1 is 0.744 bits per heavy atom. The topological polar surface area (TPSA) is 58.9 Å². The second kappa shape index (κ2) is 17.8. The summed E-state index contributed by atoms with van der Waals surface area (Å²) >= 11 is 19.7. The normalized spacial score (nSPS) is 9.72. The Morgan fingerprint density at radius 3 is 1.77 bits per heavy atom. The third kappa shape index (κ3) is 10.7. The van der Waals surface area contributed by atoms with Crippen molar-refractivity contribution < 1.29 is 28.3 Å². The first-order valence-corrected chi connectivity index (χ1v) is 14.0. The largest absolute Gasteiger partial charge is 0.577 e. The summed E-state index contributed by atoms with van der Waals surface area (Å²) in [6.07, 6.45) is 0. The lowest BCUT2D eigenvalue weighted by molar-refractivity contribution is 0.403. The minimum atomic E-state index is -1.53. The van der Waals surface area contributed by atoms with Gasteiger partial charge in [-0.25, -0.2) is 8.78 Å². The van der Waals surface area contributed by atoms with E-state index in [-0.39, 0.29) is 21.5 Å². The maximum Gasteiger partial charge on any atom is 0.492 e. The quantitative estimate of drug-likeness (QED) is 0.0939. The Bertz CT molecular complexity index is 1370. The maximum atomic E-state index is 14.0. The summed E-state index contributed by atoms with van der Waals surface area (Å²) in [5, 5.41) is 18.8. The summed E-state index contributed by atoms with van der Waals surface area (Å²) in [5.74, 6) is 0.429. The maximum absolute atomic E-state index is 14.0. The van der Waals surface area contributed by atoms with E-state index in [1.807, 2.05) is 22.6 Å². The molecule has 0 aliphatic carbocycles. The Hall–Kier alpha value is -0.975. The average molecular weight is 836 g/mol. The summed E-state index contributed by atoms with van der Waals surface area (Å²) in [6, 6.07) is 20.0. The van der Waals surface area contributed by atoms with Crippen LogP contribution < -0.4 is 14.9 Å². The number of benzene rings is 4. The first-order valence-electron chi connectivity index (χ1n) is 10.6. The number of rotatable bonds is 4. The fourth-order valence-corrected chi connectivity index (χ4v) is 4.90. The molecule has 0 amide bonds. The van der Waals surface area contributed by atoms with Crippen molar-refractivity contribution in [3.8, 4) is 22.6 Å². The molecule has 4 aromatic rings. The van der Waals surface area contributed by atoms with Crippen LogP contribution in [0.2, 0.25) is 10.0 Å². The Balaban J connectivity index is 0.000000305. The van der Waals surface area contributed by atoms with E-state index < -0.39 is 7.12 Å². The van der Waals surface area contributed by atoms with Gasteiger partial charge in [0.15, 0.2) is 5.82 Å². The lowest BCUT2D eigenvalue weighted by Gasteiger charge is -2.10. The van der Waals surface area contributed by atoms with Crippen LogP contribution in [0.25, 0.3) is 11.1 Å². The van der Waals surface area contributed by atoms with Crippen molar-refractivity contribution in [2.24, 2.45) is 0 Å². The van der Waals surface area contributed by atoms with E-state index >= 15 is 0 Å². The van der Waals surface area contributed by atoms with Crippen molar-refractivity contribution in [3.05, 3.63) is 107 Å². The summed E-state index contributed by atoms with van der Waals surface area (Å²) in [5.41, 5.74) is 1.46. The van der Waals surface area contributed by atoms with Crippen molar-refractivity contribution in [1.29, 1.82) is 0 Å². The second-order valence-electron chi connectivity index (χ2n) is 7.24. The zero-order valence-electron chi connectivity index (χ0n) is 20.4. The molecule has 0 bridgehead atoms. The van der Waals surface area contributed by atoms with Crippen molar-refractivity contribution in [3.63, 3.8) is 0 Å². The lowest BCUT2D eigenvalue weighted by atomic mass is 9.79. The first-order chi connectivity index (χ1) is 18.0. The summed E-state index contributed by atoms with van der Waals surface area (Å²) < 4.78 is 38.3. The van der Waals surface area contributed by atoms with Crippen LogP contribution >= 0.6 is 87.6 Å². The molecule has 0 heterocycles. The van der Waals surface area contributed by atoms with Crippen LogP contribution in [0.5, 0.6) is 11.5 Å². The Morgan fingerprint density at radius 2 is 1.26 bits per heavy atom. The third-order valence-corrected chi connectivity index (χ3v) is 7.31. The number of hydrogen-bond acceptors (Lipinski definition) is 4. The molecule has 13 heteroatoms. The van der Waals surface area contributed by atoms with Gasteiger partial charge in [0, 0.05) is 30.2 Å². The van der Waals surface area contributed by atoms with Crippen molar-refractivity contribution in [2.75, 3.05) is 14.2 Å². The van der Waals surface area contributed by atoms with Gasteiger partial charge in [-0.1, -0.05) is 47.5 Å². The van der Waals surface area contributed by atoms with Gasteiger partial charge in [0.25, 0.3) is 0 Å². The fourth-order valence-electron chi connectivity index (χ4n) is 2.98. The summed E-state index contributed by atoms with van der Waals surface area (Å²) in [6.45, 7) is 0. The highest BCUT2D eigenvalue weighted by atomic mass is 127. The molecule has 4 aromatic carbocycles. The fraction of sp³-hybridized carbons (Fsp3) is 0.0769. The molecule has 0 saturated carbocycles. The van der Waals surface area contributed by atoms with Gasteiger partial charge in [-0.05, 0) is 103 Å². The molecule has 208 valence electrons. The van der Waals surface area contributed by atoms with Gasteiger partial charge < -0.3 is 29.4 Å². The zero-order chi connectivity index (χ0) is 28.4. The average Bonchev–Trinajstić information content (AvgIpc) is 2.89. The molecule has 0 aromatic heterocycles. The number of methoxy groups -OCH3 is 2. The molecule has 0 radical (unpaired) electrons. The van der Waals surface area contributed by atoms with Gasteiger partial charge in [-0.2, -0.15) is 0 Å². The van der Waals surface area contributed by atoms with Crippen LogP contribution in [0.3, 0.4) is 0 Å². The molecular weight excluding hydrogens is 814 g/mol. The number of hydrogen-bond donors (Lipinski definition) is 2. The highest BCUT2D eigenvalue weighted by molar-refractivity contribution is 14.1. The highest BCUT2D eigenvalue weighted by Crippen LogP contribution is 2.35. The van der Waals surface area contributed by atoms with E-state index in [9.17, 15) is 8.78 Å². The SMILES string of the molecule is COc1cc(Cl)ccc1-c1cccc(Br)c1F.COc1cc(Cl)ccc1B(O)O.Fc1c(Br)cccc1I.[PH2-]. The van der Waals surface area contributed by atoms with Gasteiger partial charge in [-0.3, -0.25) is 0 Å². The number of ether oxygens (including phenoxy) is 2. The second-order valence-corrected chi connectivity index (χ2v) is 11.0. The van der Waals surface area contributed by atoms with Gasteiger partial charge in [0.1, 0.15) is 17.3 Å². The molecule has 0 aliphatic heterocycles. The summed E-state index contributed by atoms with van der Waals surface area (Å²) in [7, 11) is 1.44. The molecular formula is C26H22BBr2Cl2F2IO4P-. The van der Waals surface area contributed by atoms with Crippen LogP contribution in [0.15, 0.2) is 81.7 Å². The lowest BCUT2D eigenvalue weighted by Crippen LogP contribution is -2.30. The van der Waals surface area contributed by atoms with Crippen LogP contribution in [-0.2, 0) is 0 Å². The predicted octanol–water partition coefficient (Wildman–Crippen LogP) is 8.46. The number of halogens is 7. The molecule has 0 fully saturated rings. The van der Waals surface area contributed by atoms with Gasteiger partial charge in [-0.15, -0.1) is 0 Å². The molecule has 0 aliphatic rings. The summed E-state index contributed by atoms with van der Waals surface area (Å²) in [4.78, 5) is 0. The molecule has 39 heavy (non-hydrogen) atoms. The monoisotopic (exact) mass is 833 g/mol. The molecule has 4 nitrogen and oxygen atoms in total. The van der Waals surface area contributed by atoms with Gasteiger partial charge in [0.05, 0.1) is 23.2 Å². The van der Waals surface area contributed by atoms with E-state index in [0.717, 1.165) is 0 Å². The molecule has 0 spiro atoms. The van der Waals surface area contributed by atoms with Crippen LogP contribution in [0, 0.1) is 15.2 Å². The van der Waals surface area contributed by atoms with E-state index in [0.29, 0.717) is 50.6 Å². The minimum absolute atomic E-state index is 0. The predicted molar refractivity (Wildman–Crippen MR) is 175 cm³/mol. The molecule has 0 atom stereocenters. The van der Waals surface area contributed by atoms with Crippen molar-refractivity contribution >= 4 is 100 Å². The smallest absolute Gasteiger partial charge is 0.492 e. The highest BCUT2D eigenvalue weighted by Gasteiger charge is 2.16. The van der Waals surface area contributed by atoms with Crippen LogP contribution in [-0.4, -0.2) is 31.4 Å². The van der Waals surface area contributed by atoms with E-state index in [1.54, 1.807) is 60.7 Å². The molecule has 0 unspecified atom stereocenters. The van der Waals surface area contributed by atoms with Crippen LogP contribution in [0.4, 0.5) is 8.78 Å². The molecule has 0 saturated heterocycles. The van der Waals surface area contributed by atoms with Crippen molar-refractivity contribution in [2.45, 2.75) is 0 Å². The molecule has 4 rings (SSSR count). The van der Waals surface area contributed by atoms with Gasteiger partial charge in [0.2, 0.25) is 0 Å². The van der Waals surface area contributed by atoms with Crippen molar-refractivity contribution in [1.82, 2.24) is 0 Å². The van der Waals surface area contributed by atoms with Crippen LogP contribution in [0.1, 0.15) is 0 Å².